The van der Waals surface area contributed by atoms with Crippen molar-refractivity contribution in [3.05, 3.63) is 41.3 Å². The molecule has 1 aliphatic heterocycles. The average Bonchev–Trinajstić information content (AvgIpc) is 3.27. The summed E-state index contributed by atoms with van der Waals surface area (Å²) >= 11 is 0. The Bertz CT molecular complexity index is 1310. The first-order chi connectivity index (χ1) is 14.4. The van der Waals surface area contributed by atoms with Crippen molar-refractivity contribution >= 4 is 33.6 Å². The van der Waals surface area contributed by atoms with E-state index in [-0.39, 0.29) is 11.9 Å². The molecule has 0 amide bonds. The molecule has 0 bridgehead atoms. The maximum Gasteiger partial charge on any atom is 0.152 e. The molecule has 1 atom stereocenters. The molecule has 1 aliphatic rings. The van der Waals surface area contributed by atoms with E-state index in [1.807, 2.05) is 31.4 Å². The second-order valence-electron chi connectivity index (χ2n) is 8.02. The van der Waals surface area contributed by atoms with Gasteiger partial charge in [-0.3, -0.25) is 4.57 Å². The summed E-state index contributed by atoms with van der Waals surface area (Å²) in [5, 5.41) is 22.0. The first kappa shape index (κ1) is 18.6. The Morgan fingerprint density at radius 1 is 1.13 bits per heavy atom. The van der Waals surface area contributed by atoms with Gasteiger partial charge in [-0.25, -0.2) is 15.0 Å². The zero-order chi connectivity index (χ0) is 21.2. The Morgan fingerprint density at radius 2 is 1.93 bits per heavy atom. The number of nitrogens with two attached hydrogens (primary N) is 1. The van der Waals surface area contributed by atoms with E-state index in [9.17, 15) is 10.2 Å². The summed E-state index contributed by atoms with van der Waals surface area (Å²) in [6, 6.07) is 5.65. The van der Waals surface area contributed by atoms with E-state index in [0.29, 0.717) is 18.0 Å². The molecular formula is C22H24N6O2. The number of nitrogens with zero attached hydrogens (tertiary/aromatic N) is 5. The lowest BCUT2D eigenvalue weighted by molar-refractivity contribution is 0.198. The zero-order valence-corrected chi connectivity index (χ0v) is 17.2. The molecule has 3 aromatic heterocycles. The van der Waals surface area contributed by atoms with Crippen LogP contribution >= 0.6 is 0 Å². The molecular weight excluding hydrogens is 380 g/mol. The van der Waals surface area contributed by atoms with Crippen molar-refractivity contribution in [1.29, 1.82) is 0 Å². The Hall–Kier alpha value is -3.39. The van der Waals surface area contributed by atoms with Gasteiger partial charge in [0.25, 0.3) is 0 Å². The summed E-state index contributed by atoms with van der Waals surface area (Å²) in [6.45, 7) is 7.22. The number of aryl methyl sites for hydroxylation is 2. The molecule has 1 aromatic carbocycles. The van der Waals surface area contributed by atoms with Gasteiger partial charge in [0.1, 0.15) is 23.5 Å². The molecule has 154 valence electrons. The lowest BCUT2D eigenvalue weighted by atomic mass is 10.1. The van der Waals surface area contributed by atoms with Gasteiger partial charge in [-0.1, -0.05) is 6.07 Å². The predicted octanol–water partition coefficient (Wildman–Crippen LogP) is 2.75. The SMILES string of the molecule is Cc1ccc(O)c(C)c1-n1c2nc(C)c(N3CC[C@@H](O)C3)cc2c2c(N)ncnc21. The number of aromatic hydroxyl groups is 1. The number of fused-ring (bicyclic) bond motifs is 3. The van der Waals surface area contributed by atoms with Crippen molar-refractivity contribution < 1.29 is 10.2 Å². The second-order valence-corrected chi connectivity index (χ2v) is 8.02. The monoisotopic (exact) mass is 404 g/mol. The normalized spacial score (nSPS) is 16.8. The Morgan fingerprint density at radius 3 is 2.67 bits per heavy atom. The van der Waals surface area contributed by atoms with Crippen molar-refractivity contribution in [3.8, 4) is 11.4 Å². The maximum absolute atomic E-state index is 10.4. The fourth-order valence-corrected chi connectivity index (χ4v) is 4.52. The van der Waals surface area contributed by atoms with Crippen molar-refractivity contribution in [2.24, 2.45) is 0 Å². The Labute approximate surface area is 173 Å². The van der Waals surface area contributed by atoms with E-state index in [4.69, 9.17) is 10.7 Å². The van der Waals surface area contributed by atoms with Crippen LogP contribution in [0.4, 0.5) is 11.5 Å². The third-order valence-electron chi connectivity index (χ3n) is 6.05. The molecule has 8 heteroatoms. The number of hydrogen-bond donors (Lipinski definition) is 3. The summed E-state index contributed by atoms with van der Waals surface area (Å²) in [4.78, 5) is 15.8. The number of aliphatic hydroxyl groups excluding tert-OH is 1. The summed E-state index contributed by atoms with van der Waals surface area (Å²) in [5.74, 6) is 0.601. The van der Waals surface area contributed by atoms with Gasteiger partial charge in [-0.15, -0.1) is 0 Å². The topological polar surface area (TPSA) is 113 Å². The van der Waals surface area contributed by atoms with Gasteiger partial charge >= 0.3 is 0 Å². The van der Waals surface area contributed by atoms with Crippen LogP contribution in [0.25, 0.3) is 27.8 Å². The molecule has 5 rings (SSSR count). The first-order valence-electron chi connectivity index (χ1n) is 10.0. The van der Waals surface area contributed by atoms with Gasteiger partial charge in [0.15, 0.2) is 5.65 Å². The van der Waals surface area contributed by atoms with Crippen LogP contribution < -0.4 is 10.6 Å². The lowest BCUT2D eigenvalue weighted by Gasteiger charge is -2.20. The number of benzene rings is 1. The smallest absolute Gasteiger partial charge is 0.152 e. The van der Waals surface area contributed by atoms with Crippen molar-refractivity contribution in [3.63, 3.8) is 0 Å². The number of β-amino-alcohol motifs (C(OH)–C–C–N with tert-alkyl or cyclic N) is 1. The van der Waals surface area contributed by atoms with Crippen molar-refractivity contribution in [1.82, 2.24) is 19.5 Å². The van der Waals surface area contributed by atoms with E-state index < -0.39 is 0 Å². The molecule has 1 saturated heterocycles. The number of aliphatic hydroxyl groups is 1. The van der Waals surface area contributed by atoms with Crippen LogP contribution in [-0.4, -0.2) is 48.9 Å². The fraction of sp³-hybridized carbons (Fsp3) is 0.318. The standard InChI is InChI=1S/C22H24N6O2/c1-11-4-5-17(30)12(2)19(11)28-21-15(18-20(23)24-10-25-22(18)28)8-16(13(3)26-21)27-7-6-14(29)9-27/h4-5,8,10,14,29-30H,6-7,9H2,1-3H3,(H2,23,24,25)/t14-/m1/s1. The van der Waals surface area contributed by atoms with Crippen LogP contribution in [0.2, 0.25) is 0 Å². The number of aromatic nitrogens is 4. The molecule has 1 fully saturated rings. The van der Waals surface area contributed by atoms with E-state index in [1.165, 1.54) is 6.33 Å². The molecule has 8 nitrogen and oxygen atoms in total. The fourth-order valence-electron chi connectivity index (χ4n) is 4.52. The Balaban J connectivity index is 1.89. The minimum absolute atomic E-state index is 0.215. The molecule has 4 heterocycles. The predicted molar refractivity (Wildman–Crippen MR) is 117 cm³/mol. The number of anilines is 2. The summed E-state index contributed by atoms with van der Waals surface area (Å²) in [7, 11) is 0. The van der Waals surface area contributed by atoms with Crippen LogP contribution in [0.15, 0.2) is 24.5 Å². The quantitative estimate of drug-likeness (QED) is 0.471. The summed E-state index contributed by atoms with van der Waals surface area (Å²) in [5.41, 5.74) is 12.1. The highest BCUT2D eigenvalue weighted by Crippen LogP contribution is 2.38. The van der Waals surface area contributed by atoms with Crippen LogP contribution in [-0.2, 0) is 0 Å². The van der Waals surface area contributed by atoms with Gasteiger partial charge in [0.05, 0.1) is 28.6 Å². The molecule has 0 unspecified atom stereocenters. The summed E-state index contributed by atoms with van der Waals surface area (Å²) in [6.07, 6.45) is 1.87. The number of phenols is 1. The lowest BCUT2D eigenvalue weighted by Crippen LogP contribution is -2.22. The molecule has 0 spiro atoms. The van der Waals surface area contributed by atoms with E-state index in [2.05, 4.69) is 20.9 Å². The minimum Gasteiger partial charge on any atom is -0.508 e. The molecule has 30 heavy (non-hydrogen) atoms. The van der Waals surface area contributed by atoms with Crippen molar-refractivity contribution in [2.75, 3.05) is 23.7 Å². The van der Waals surface area contributed by atoms with Gasteiger partial charge < -0.3 is 20.8 Å². The highest BCUT2D eigenvalue weighted by atomic mass is 16.3. The van der Waals surface area contributed by atoms with E-state index >= 15 is 0 Å². The third-order valence-corrected chi connectivity index (χ3v) is 6.05. The largest absolute Gasteiger partial charge is 0.508 e. The van der Waals surface area contributed by atoms with Gasteiger partial charge in [-0.2, -0.15) is 0 Å². The molecule has 0 aliphatic carbocycles. The van der Waals surface area contributed by atoms with E-state index in [1.54, 1.807) is 6.07 Å². The van der Waals surface area contributed by atoms with Crippen LogP contribution in [0.1, 0.15) is 23.2 Å². The highest BCUT2D eigenvalue weighted by Gasteiger charge is 2.26. The number of rotatable bonds is 2. The molecule has 4 aromatic rings. The Kier molecular flexibility index (Phi) is 4.08. The van der Waals surface area contributed by atoms with Gasteiger partial charge in [-0.05, 0) is 44.9 Å². The first-order valence-corrected chi connectivity index (χ1v) is 10.0. The highest BCUT2D eigenvalue weighted by molar-refractivity contribution is 6.12. The van der Waals surface area contributed by atoms with Gasteiger partial charge in [0.2, 0.25) is 0 Å². The summed E-state index contributed by atoms with van der Waals surface area (Å²) < 4.78 is 1.96. The number of nitrogen functional groups attached to an aromatic ring is 1. The second kappa shape index (κ2) is 6.56. The number of pyridine rings is 1. The number of hydrogen-bond acceptors (Lipinski definition) is 7. The van der Waals surface area contributed by atoms with Gasteiger partial charge in [0, 0.05) is 24.0 Å². The van der Waals surface area contributed by atoms with E-state index in [0.717, 1.165) is 57.6 Å². The maximum atomic E-state index is 10.4. The third kappa shape index (κ3) is 2.60. The minimum atomic E-state index is -0.326. The van der Waals surface area contributed by atoms with Crippen molar-refractivity contribution in [2.45, 2.75) is 33.3 Å². The molecule has 0 saturated carbocycles. The average molecular weight is 404 g/mol. The van der Waals surface area contributed by atoms with Crippen LogP contribution in [0, 0.1) is 20.8 Å². The molecule has 4 N–H and O–H groups in total. The number of phenolic OH excluding ortho intramolecular Hbond substituents is 1. The molecule has 0 radical (unpaired) electrons. The van der Waals surface area contributed by atoms with Crippen LogP contribution in [0.3, 0.4) is 0 Å². The zero-order valence-electron chi connectivity index (χ0n) is 17.2. The van der Waals surface area contributed by atoms with Crippen LogP contribution in [0.5, 0.6) is 5.75 Å².